The van der Waals surface area contributed by atoms with Gasteiger partial charge in [0.05, 0.1) is 5.52 Å². The molecular formula is C24H39NS. The Morgan fingerprint density at radius 3 is 2.12 bits per heavy atom. The molecule has 0 atom stereocenters. The van der Waals surface area contributed by atoms with Crippen LogP contribution in [-0.4, -0.2) is 10.2 Å². The van der Waals surface area contributed by atoms with E-state index in [1.54, 1.807) is 0 Å². The summed E-state index contributed by atoms with van der Waals surface area (Å²) in [5.74, 6) is 1.81. The highest BCUT2D eigenvalue weighted by molar-refractivity contribution is 8.00. The SMILES string of the molecule is CC.CC.CC(C)C1CCCC(Sc2ccnc3ccccc23)CCC1. The molecule has 1 saturated carbocycles. The third kappa shape index (κ3) is 6.95. The Balaban J connectivity index is 0.000000791. The first kappa shape index (κ1) is 23.0. The molecule has 26 heavy (non-hydrogen) atoms. The molecule has 1 aliphatic carbocycles. The van der Waals surface area contributed by atoms with Crippen molar-refractivity contribution < 1.29 is 0 Å². The molecule has 1 heterocycles. The summed E-state index contributed by atoms with van der Waals surface area (Å²) in [5.41, 5.74) is 1.12. The molecule has 2 heteroatoms. The standard InChI is InChI=1S/C20H27NS.2C2H6/c1-15(2)16-7-5-9-17(10-6-8-16)22-20-13-14-21-19-12-4-3-11-18(19)20;2*1-2/h3-4,11-17H,5-10H2,1-2H3;2*1-2H3. The molecule has 0 aliphatic heterocycles. The Kier molecular flexibility index (Phi) is 11.7. The predicted molar refractivity (Wildman–Crippen MR) is 120 cm³/mol. The highest BCUT2D eigenvalue weighted by Gasteiger charge is 2.20. The van der Waals surface area contributed by atoms with Gasteiger partial charge in [-0.1, -0.05) is 85.4 Å². The molecule has 0 radical (unpaired) electrons. The van der Waals surface area contributed by atoms with Gasteiger partial charge < -0.3 is 0 Å². The average Bonchev–Trinajstić information content (AvgIpc) is 2.67. The van der Waals surface area contributed by atoms with Crippen molar-refractivity contribution in [3.05, 3.63) is 36.5 Å². The van der Waals surface area contributed by atoms with E-state index in [4.69, 9.17) is 0 Å². The molecule has 0 spiro atoms. The van der Waals surface area contributed by atoms with Gasteiger partial charge in [-0.05, 0) is 36.8 Å². The predicted octanol–water partition coefficient (Wildman–Crippen LogP) is 8.37. The van der Waals surface area contributed by atoms with Crippen molar-refractivity contribution in [1.29, 1.82) is 0 Å². The lowest BCUT2D eigenvalue weighted by molar-refractivity contribution is 0.300. The fraction of sp³-hybridized carbons (Fsp3) is 0.625. The summed E-state index contributed by atoms with van der Waals surface area (Å²) >= 11 is 2.09. The van der Waals surface area contributed by atoms with Gasteiger partial charge in [-0.2, -0.15) is 0 Å². The molecule has 1 aromatic carbocycles. The normalized spacial score (nSPS) is 20.3. The number of benzene rings is 1. The number of hydrogen-bond donors (Lipinski definition) is 0. The summed E-state index contributed by atoms with van der Waals surface area (Å²) in [5, 5.41) is 2.09. The second kappa shape index (κ2) is 13.2. The van der Waals surface area contributed by atoms with Gasteiger partial charge in [-0.25, -0.2) is 0 Å². The Morgan fingerprint density at radius 1 is 0.885 bits per heavy atom. The number of pyridine rings is 1. The van der Waals surface area contributed by atoms with Gasteiger partial charge in [0, 0.05) is 21.7 Å². The molecule has 3 rings (SSSR count). The van der Waals surface area contributed by atoms with E-state index in [0.717, 1.165) is 22.6 Å². The summed E-state index contributed by atoms with van der Waals surface area (Å²) in [7, 11) is 0. The zero-order chi connectivity index (χ0) is 19.4. The van der Waals surface area contributed by atoms with Crippen LogP contribution in [-0.2, 0) is 0 Å². The third-order valence-electron chi connectivity index (χ3n) is 5.05. The van der Waals surface area contributed by atoms with Crippen LogP contribution < -0.4 is 0 Å². The van der Waals surface area contributed by atoms with Crippen LogP contribution >= 0.6 is 11.8 Å². The highest BCUT2D eigenvalue weighted by Crippen LogP contribution is 2.37. The van der Waals surface area contributed by atoms with Crippen LogP contribution in [0.3, 0.4) is 0 Å². The largest absolute Gasteiger partial charge is 0.256 e. The van der Waals surface area contributed by atoms with Crippen LogP contribution in [0.2, 0.25) is 0 Å². The molecule has 1 aliphatic rings. The summed E-state index contributed by atoms with van der Waals surface area (Å²) in [4.78, 5) is 5.90. The molecule has 2 aromatic rings. The molecule has 0 N–H and O–H groups in total. The van der Waals surface area contributed by atoms with E-state index in [-0.39, 0.29) is 0 Å². The topological polar surface area (TPSA) is 12.9 Å². The zero-order valence-electron chi connectivity index (χ0n) is 17.8. The average molecular weight is 374 g/mol. The minimum absolute atomic E-state index is 0.777. The van der Waals surface area contributed by atoms with Crippen molar-refractivity contribution >= 4 is 22.7 Å². The van der Waals surface area contributed by atoms with Crippen molar-refractivity contribution in [2.45, 2.75) is 90.2 Å². The maximum absolute atomic E-state index is 4.48. The quantitative estimate of drug-likeness (QED) is 0.536. The smallest absolute Gasteiger partial charge is 0.0713 e. The second-order valence-corrected chi connectivity index (χ2v) is 8.27. The molecule has 146 valence electrons. The summed E-state index contributed by atoms with van der Waals surface area (Å²) in [6.07, 6.45) is 10.3. The van der Waals surface area contributed by atoms with Crippen molar-refractivity contribution in [2.24, 2.45) is 11.8 Å². The first-order valence-electron chi connectivity index (χ1n) is 10.7. The molecule has 1 aromatic heterocycles. The van der Waals surface area contributed by atoms with Gasteiger partial charge in [0.2, 0.25) is 0 Å². The summed E-state index contributed by atoms with van der Waals surface area (Å²) in [6, 6.07) is 10.7. The highest BCUT2D eigenvalue weighted by atomic mass is 32.2. The maximum atomic E-state index is 4.48. The summed E-state index contributed by atoms with van der Waals surface area (Å²) in [6.45, 7) is 12.8. The van der Waals surface area contributed by atoms with E-state index in [9.17, 15) is 0 Å². The van der Waals surface area contributed by atoms with Crippen LogP contribution in [0.25, 0.3) is 10.9 Å². The van der Waals surface area contributed by atoms with Gasteiger partial charge in [-0.3, -0.25) is 4.98 Å². The van der Waals surface area contributed by atoms with Crippen molar-refractivity contribution in [1.82, 2.24) is 4.98 Å². The van der Waals surface area contributed by atoms with Gasteiger partial charge >= 0.3 is 0 Å². The van der Waals surface area contributed by atoms with Gasteiger partial charge in [-0.15, -0.1) is 11.8 Å². The Bertz CT molecular complexity index is 593. The minimum atomic E-state index is 0.777. The van der Waals surface area contributed by atoms with Gasteiger partial charge in [0.15, 0.2) is 0 Å². The van der Waals surface area contributed by atoms with Gasteiger partial charge in [0.25, 0.3) is 0 Å². The molecule has 0 bridgehead atoms. The van der Waals surface area contributed by atoms with Crippen molar-refractivity contribution in [2.75, 3.05) is 0 Å². The lowest BCUT2D eigenvalue weighted by atomic mass is 9.84. The molecule has 1 nitrogen and oxygen atoms in total. The van der Waals surface area contributed by atoms with E-state index in [0.29, 0.717) is 0 Å². The second-order valence-electron chi connectivity index (χ2n) is 6.93. The first-order chi connectivity index (χ1) is 12.7. The Morgan fingerprint density at radius 2 is 1.50 bits per heavy atom. The Hall–Kier alpha value is -1.02. The van der Waals surface area contributed by atoms with Crippen molar-refractivity contribution in [3.63, 3.8) is 0 Å². The van der Waals surface area contributed by atoms with E-state index in [1.165, 1.54) is 48.8 Å². The van der Waals surface area contributed by atoms with Crippen LogP contribution in [0.1, 0.15) is 80.1 Å². The van der Waals surface area contributed by atoms with E-state index >= 15 is 0 Å². The number of nitrogens with zero attached hydrogens (tertiary/aromatic N) is 1. The minimum Gasteiger partial charge on any atom is -0.256 e. The number of rotatable bonds is 3. The fourth-order valence-corrected chi connectivity index (χ4v) is 5.01. The molecular weight excluding hydrogens is 334 g/mol. The number of para-hydroxylation sites is 1. The number of thioether (sulfide) groups is 1. The van der Waals surface area contributed by atoms with Crippen LogP contribution in [0.15, 0.2) is 41.4 Å². The van der Waals surface area contributed by atoms with Crippen molar-refractivity contribution in [3.8, 4) is 0 Å². The maximum Gasteiger partial charge on any atom is 0.0713 e. The Labute approximate surface area is 166 Å². The van der Waals surface area contributed by atoms with Gasteiger partial charge in [0.1, 0.15) is 0 Å². The molecule has 1 fully saturated rings. The zero-order valence-corrected chi connectivity index (χ0v) is 18.6. The van der Waals surface area contributed by atoms with Crippen LogP contribution in [0.4, 0.5) is 0 Å². The first-order valence-corrected chi connectivity index (χ1v) is 11.6. The molecule has 0 unspecified atom stereocenters. The third-order valence-corrected chi connectivity index (χ3v) is 6.46. The monoisotopic (exact) mass is 373 g/mol. The lowest BCUT2D eigenvalue weighted by Gasteiger charge is -2.26. The van der Waals surface area contributed by atoms with E-state index in [2.05, 4.69) is 60.9 Å². The molecule has 0 amide bonds. The number of hydrogen-bond acceptors (Lipinski definition) is 2. The fourth-order valence-electron chi connectivity index (χ4n) is 3.64. The number of aromatic nitrogens is 1. The number of fused-ring (bicyclic) bond motifs is 1. The van der Waals surface area contributed by atoms with E-state index in [1.807, 2.05) is 33.9 Å². The van der Waals surface area contributed by atoms with E-state index < -0.39 is 0 Å². The summed E-state index contributed by atoms with van der Waals surface area (Å²) < 4.78 is 0. The van der Waals surface area contributed by atoms with Crippen LogP contribution in [0, 0.1) is 11.8 Å². The molecule has 0 saturated heterocycles. The van der Waals surface area contributed by atoms with Crippen LogP contribution in [0.5, 0.6) is 0 Å². The lowest BCUT2D eigenvalue weighted by Crippen LogP contribution is -2.14.